The van der Waals surface area contributed by atoms with Gasteiger partial charge in [0.15, 0.2) is 11.4 Å². The zero-order valence-electron chi connectivity index (χ0n) is 20.1. The van der Waals surface area contributed by atoms with Crippen LogP contribution in [0.5, 0.6) is 0 Å². The van der Waals surface area contributed by atoms with E-state index in [0.29, 0.717) is 5.89 Å². The van der Waals surface area contributed by atoms with Gasteiger partial charge >= 0.3 is 6.09 Å². The van der Waals surface area contributed by atoms with Gasteiger partial charge in [0.2, 0.25) is 12.2 Å². The van der Waals surface area contributed by atoms with Crippen molar-refractivity contribution < 1.29 is 23.4 Å². The number of nitrogens with zero attached hydrogens (tertiary/aromatic N) is 4. The second-order valence-electron chi connectivity index (χ2n) is 9.60. The number of nitrogens with one attached hydrogen (secondary N) is 1. The van der Waals surface area contributed by atoms with E-state index in [1.807, 2.05) is 53.2 Å². The maximum atomic E-state index is 12.3. The van der Waals surface area contributed by atoms with Crippen molar-refractivity contribution in [2.75, 3.05) is 6.61 Å². The summed E-state index contributed by atoms with van der Waals surface area (Å²) in [5, 5.41) is 11.5. The molecule has 2 aromatic carbocycles. The lowest BCUT2D eigenvalue weighted by atomic mass is 10.1. The van der Waals surface area contributed by atoms with Crippen LogP contribution in [0.15, 0.2) is 59.1 Å². The summed E-state index contributed by atoms with van der Waals surface area (Å²) in [6.45, 7) is 3.80. The van der Waals surface area contributed by atoms with E-state index in [1.165, 1.54) is 0 Å². The molecule has 3 heterocycles. The van der Waals surface area contributed by atoms with Crippen LogP contribution >= 0.6 is 0 Å². The molecule has 1 aliphatic carbocycles. The summed E-state index contributed by atoms with van der Waals surface area (Å²) in [5.74, 6) is -0.155. The summed E-state index contributed by atoms with van der Waals surface area (Å²) >= 11 is 0. The lowest BCUT2D eigenvalue weighted by Crippen LogP contribution is -2.37. The summed E-state index contributed by atoms with van der Waals surface area (Å²) < 4.78 is 24.2. The minimum atomic E-state index is -0.742. The molecule has 4 aromatic rings. The molecule has 1 aliphatic heterocycles. The number of amides is 1. The summed E-state index contributed by atoms with van der Waals surface area (Å²) in [5.41, 5.74) is 4.42. The Morgan fingerprint density at radius 2 is 1.92 bits per heavy atom. The fourth-order valence-corrected chi connectivity index (χ4v) is 4.84. The van der Waals surface area contributed by atoms with Crippen LogP contribution < -0.4 is 5.32 Å². The number of oxazole rings is 1. The highest BCUT2D eigenvalue weighted by Crippen LogP contribution is 2.34. The number of hydrogen-bond donors (Lipinski definition) is 1. The molecule has 186 valence electrons. The van der Waals surface area contributed by atoms with Gasteiger partial charge < -0.3 is 23.9 Å². The summed E-state index contributed by atoms with van der Waals surface area (Å²) in [6.07, 6.45) is 3.00. The average molecular weight is 490 g/mol. The number of rotatable bonds is 5. The molecule has 3 atom stereocenters. The molecule has 10 heteroatoms. The smallest absolute Gasteiger partial charge is 0.409 e. The number of fused-ring (bicyclic) bond motifs is 1. The number of alkyl carbamates (subject to hydrolysis) is 1. The number of carbonyl (C=O) groups excluding carboxylic acids is 1. The highest BCUT2D eigenvalue weighted by atomic mass is 16.8. The molecular weight excluding hydrogens is 462 g/mol. The molecule has 2 aliphatic rings. The van der Waals surface area contributed by atoms with Gasteiger partial charge in [-0.05, 0) is 57.4 Å². The zero-order chi connectivity index (χ0) is 24.7. The number of hydrogen-bond acceptors (Lipinski definition) is 8. The van der Waals surface area contributed by atoms with E-state index in [0.717, 1.165) is 47.2 Å². The number of benzene rings is 2. The molecular formula is C26H27N5O5. The second kappa shape index (κ2) is 9.03. The minimum Gasteiger partial charge on any atom is -0.436 e. The molecule has 2 fully saturated rings. The monoisotopic (exact) mass is 489 g/mol. The van der Waals surface area contributed by atoms with E-state index in [1.54, 1.807) is 20.0 Å². The molecule has 1 N–H and O–H groups in total. The van der Waals surface area contributed by atoms with Crippen LogP contribution in [0.3, 0.4) is 0 Å². The standard InChI is InChI=1S/C26H27N5O5/c1-26(2)33-15-23(36-26)35-25(32)28-18-11-12-19(13-18)31-21(14-27-30-31)16-7-9-17(10-8-16)24-29-20-5-3-4-6-22(20)34-24/h3-10,14,18-19,23H,11-13,15H2,1-2H3,(H,28,32)/t18-,19+,23+/m0/s1. The summed E-state index contributed by atoms with van der Waals surface area (Å²) in [6, 6.07) is 15.8. The molecule has 0 radical (unpaired) electrons. The van der Waals surface area contributed by atoms with Crippen LogP contribution in [0.4, 0.5) is 4.79 Å². The predicted octanol–water partition coefficient (Wildman–Crippen LogP) is 4.68. The highest BCUT2D eigenvalue weighted by molar-refractivity contribution is 5.76. The van der Waals surface area contributed by atoms with Gasteiger partial charge in [0, 0.05) is 17.2 Å². The van der Waals surface area contributed by atoms with E-state index in [4.69, 9.17) is 18.6 Å². The van der Waals surface area contributed by atoms with Crippen LogP contribution in [-0.2, 0) is 14.2 Å². The van der Waals surface area contributed by atoms with Gasteiger partial charge in [-0.2, -0.15) is 0 Å². The minimum absolute atomic E-state index is 0.0172. The molecule has 36 heavy (non-hydrogen) atoms. The molecule has 0 spiro atoms. The van der Waals surface area contributed by atoms with Gasteiger partial charge in [0.1, 0.15) is 12.1 Å². The average Bonchev–Trinajstić information content (AvgIpc) is 3.65. The van der Waals surface area contributed by atoms with Crippen molar-refractivity contribution in [3.63, 3.8) is 0 Å². The van der Waals surface area contributed by atoms with Gasteiger partial charge in [0.25, 0.3) is 0 Å². The maximum absolute atomic E-state index is 12.3. The number of para-hydroxylation sites is 2. The fraction of sp³-hybridized carbons (Fsp3) is 0.385. The van der Waals surface area contributed by atoms with Crippen molar-refractivity contribution in [3.05, 3.63) is 54.7 Å². The Morgan fingerprint density at radius 1 is 1.11 bits per heavy atom. The third-order valence-corrected chi connectivity index (χ3v) is 6.59. The van der Waals surface area contributed by atoms with E-state index in [9.17, 15) is 4.79 Å². The Balaban J connectivity index is 1.10. The van der Waals surface area contributed by atoms with Crippen molar-refractivity contribution in [1.29, 1.82) is 0 Å². The first-order chi connectivity index (χ1) is 17.4. The van der Waals surface area contributed by atoms with Gasteiger partial charge in [-0.1, -0.05) is 29.5 Å². The first-order valence-corrected chi connectivity index (χ1v) is 12.1. The number of aromatic nitrogens is 4. The van der Waals surface area contributed by atoms with Gasteiger partial charge in [-0.15, -0.1) is 5.10 Å². The van der Waals surface area contributed by atoms with Crippen LogP contribution in [0.1, 0.15) is 39.2 Å². The molecule has 0 unspecified atom stereocenters. The van der Waals surface area contributed by atoms with Crippen molar-refractivity contribution in [2.45, 2.75) is 57.3 Å². The maximum Gasteiger partial charge on any atom is 0.409 e. The van der Waals surface area contributed by atoms with E-state index >= 15 is 0 Å². The largest absolute Gasteiger partial charge is 0.436 e. The Hall–Kier alpha value is -3.76. The highest BCUT2D eigenvalue weighted by Gasteiger charge is 2.36. The van der Waals surface area contributed by atoms with E-state index in [-0.39, 0.29) is 18.7 Å². The van der Waals surface area contributed by atoms with E-state index < -0.39 is 18.2 Å². The third kappa shape index (κ3) is 4.57. The first-order valence-electron chi connectivity index (χ1n) is 12.1. The second-order valence-corrected chi connectivity index (χ2v) is 9.60. The molecule has 1 saturated heterocycles. The molecule has 2 aromatic heterocycles. The van der Waals surface area contributed by atoms with E-state index in [2.05, 4.69) is 20.6 Å². The lowest BCUT2D eigenvalue weighted by Gasteiger charge is -2.18. The molecule has 10 nitrogen and oxygen atoms in total. The van der Waals surface area contributed by atoms with Crippen LogP contribution in [0.2, 0.25) is 0 Å². The topological polar surface area (TPSA) is 114 Å². The predicted molar refractivity (Wildman–Crippen MR) is 130 cm³/mol. The summed E-state index contributed by atoms with van der Waals surface area (Å²) in [4.78, 5) is 16.9. The van der Waals surface area contributed by atoms with Crippen molar-refractivity contribution in [2.24, 2.45) is 0 Å². The van der Waals surface area contributed by atoms with Crippen LogP contribution in [-0.4, -0.2) is 50.8 Å². The molecule has 1 amide bonds. The number of ether oxygens (including phenoxy) is 3. The first kappa shape index (κ1) is 22.7. The van der Waals surface area contributed by atoms with Crippen molar-refractivity contribution in [3.8, 4) is 22.7 Å². The Kier molecular flexibility index (Phi) is 5.69. The Labute approximate surface area is 207 Å². The van der Waals surface area contributed by atoms with Gasteiger partial charge in [-0.3, -0.25) is 0 Å². The fourth-order valence-electron chi connectivity index (χ4n) is 4.84. The molecule has 6 rings (SSSR count). The van der Waals surface area contributed by atoms with Crippen molar-refractivity contribution in [1.82, 2.24) is 25.3 Å². The van der Waals surface area contributed by atoms with Crippen molar-refractivity contribution >= 4 is 17.2 Å². The number of carbonyl (C=O) groups is 1. The third-order valence-electron chi connectivity index (χ3n) is 6.59. The molecule has 0 bridgehead atoms. The van der Waals surface area contributed by atoms with Gasteiger partial charge in [-0.25, -0.2) is 14.5 Å². The SMILES string of the molecule is CC1(C)OC[C@H](OC(=O)N[C@H]2CC[C@@H](n3nncc3-c3ccc(-c4nc5ccccc5o4)cc3)C2)O1. The Morgan fingerprint density at radius 3 is 2.69 bits per heavy atom. The lowest BCUT2D eigenvalue weighted by molar-refractivity contribution is -0.174. The quantitative estimate of drug-likeness (QED) is 0.430. The normalized spacial score (nSPS) is 23.2. The summed E-state index contributed by atoms with van der Waals surface area (Å²) in [7, 11) is 0. The van der Waals surface area contributed by atoms with Crippen LogP contribution in [0.25, 0.3) is 33.8 Å². The Bertz CT molecular complexity index is 1350. The van der Waals surface area contributed by atoms with Crippen LogP contribution in [0, 0.1) is 0 Å². The van der Waals surface area contributed by atoms with Gasteiger partial charge in [0.05, 0.1) is 17.9 Å². The molecule has 1 saturated carbocycles. The zero-order valence-corrected chi connectivity index (χ0v) is 20.1.